The molecule has 0 spiro atoms. The van der Waals surface area contributed by atoms with Crippen LogP contribution >= 0.6 is 23.2 Å². The predicted octanol–water partition coefficient (Wildman–Crippen LogP) is 6.02. The summed E-state index contributed by atoms with van der Waals surface area (Å²) >= 11 is 12.1. The molecule has 0 aliphatic carbocycles. The monoisotopic (exact) mass is 370 g/mol. The van der Waals surface area contributed by atoms with E-state index in [4.69, 9.17) is 27.9 Å². The molecule has 0 fully saturated rings. The van der Waals surface area contributed by atoms with Crippen LogP contribution in [0.2, 0.25) is 10.0 Å². The lowest BCUT2D eigenvalue weighted by molar-refractivity contribution is 0.306. The van der Waals surface area contributed by atoms with Crippen molar-refractivity contribution in [1.82, 2.24) is 0 Å². The minimum Gasteiger partial charge on any atom is -0.488 e. The van der Waals surface area contributed by atoms with Gasteiger partial charge in [-0.1, -0.05) is 59.6 Å². The highest BCUT2D eigenvalue weighted by Gasteiger charge is 2.05. The van der Waals surface area contributed by atoms with Crippen molar-refractivity contribution in [2.24, 2.45) is 5.10 Å². The predicted molar refractivity (Wildman–Crippen MR) is 105 cm³/mol. The second-order valence-corrected chi connectivity index (χ2v) is 6.14. The van der Waals surface area contributed by atoms with Crippen LogP contribution in [0.25, 0.3) is 0 Å². The first kappa shape index (κ1) is 17.3. The summed E-state index contributed by atoms with van der Waals surface area (Å²) in [5, 5.41) is 5.45. The standard InChI is InChI=1S/C20H16Cl2N2O/c21-17-11-10-16(19(22)12-17)14-25-20-9-5-4-6-15(20)13-23-24-18-7-2-1-3-8-18/h1-13,24H,14H2/b23-13+. The summed E-state index contributed by atoms with van der Waals surface area (Å²) in [5.41, 5.74) is 5.66. The second kappa shape index (κ2) is 8.56. The van der Waals surface area contributed by atoms with Gasteiger partial charge in [0.15, 0.2) is 0 Å². The molecule has 25 heavy (non-hydrogen) atoms. The molecule has 0 unspecified atom stereocenters. The van der Waals surface area contributed by atoms with E-state index in [0.717, 1.165) is 22.6 Å². The van der Waals surface area contributed by atoms with Crippen LogP contribution in [0.15, 0.2) is 77.9 Å². The smallest absolute Gasteiger partial charge is 0.128 e. The zero-order valence-corrected chi connectivity index (χ0v) is 14.8. The van der Waals surface area contributed by atoms with Gasteiger partial charge < -0.3 is 4.74 Å². The molecular weight excluding hydrogens is 355 g/mol. The summed E-state index contributed by atoms with van der Waals surface area (Å²) in [6.07, 6.45) is 1.73. The number of halogens is 2. The van der Waals surface area contributed by atoms with Gasteiger partial charge in [-0.15, -0.1) is 0 Å². The van der Waals surface area contributed by atoms with Crippen molar-refractivity contribution in [1.29, 1.82) is 0 Å². The number of nitrogens with zero attached hydrogens (tertiary/aromatic N) is 1. The number of nitrogens with one attached hydrogen (secondary N) is 1. The normalized spacial score (nSPS) is 10.8. The average molecular weight is 371 g/mol. The number of hydrazone groups is 1. The summed E-state index contributed by atoms with van der Waals surface area (Å²) in [5.74, 6) is 0.729. The molecule has 0 amide bonds. The minimum absolute atomic E-state index is 0.354. The van der Waals surface area contributed by atoms with Crippen molar-refractivity contribution in [2.45, 2.75) is 6.61 Å². The zero-order valence-electron chi connectivity index (χ0n) is 13.3. The van der Waals surface area contributed by atoms with Crippen LogP contribution in [0.4, 0.5) is 5.69 Å². The first-order valence-corrected chi connectivity index (χ1v) is 8.48. The number of anilines is 1. The Morgan fingerprint density at radius 2 is 1.68 bits per heavy atom. The van der Waals surface area contributed by atoms with E-state index in [9.17, 15) is 0 Å². The molecule has 0 aromatic heterocycles. The van der Waals surface area contributed by atoms with Gasteiger partial charge in [-0.05, 0) is 36.4 Å². The second-order valence-electron chi connectivity index (χ2n) is 5.30. The Bertz CT molecular complexity index is 867. The van der Waals surface area contributed by atoms with Crippen LogP contribution in [0.5, 0.6) is 5.75 Å². The van der Waals surface area contributed by atoms with Crippen LogP contribution in [0, 0.1) is 0 Å². The molecule has 0 saturated carbocycles. The van der Waals surface area contributed by atoms with E-state index in [2.05, 4.69) is 10.5 Å². The molecule has 0 heterocycles. The van der Waals surface area contributed by atoms with E-state index < -0.39 is 0 Å². The van der Waals surface area contributed by atoms with Crippen molar-refractivity contribution in [3.05, 3.63) is 94.0 Å². The lowest BCUT2D eigenvalue weighted by atomic mass is 10.2. The maximum atomic E-state index is 6.19. The molecule has 1 N–H and O–H groups in total. The minimum atomic E-state index is 0.354. The lowest BCUT2D eigenvalue weighted by Crippen LogP contribution is -1.99. The number of para-hydroxylation sites is 2. The largest absolute Gasteiger partial charge is 0.488 e. The molecule has 3 rings (SSSR count). The summed E-state index contributed by atoms with van der Waals surface area (Å²) in [6.45, 7) is 0.354. The summed E-state index contributed by atoms with van der Waals surface area (Å²) < 4.78 is 5.90. The van der Waals surface area contributed by atoms with Gasteiger partial charge in [-0.25, -0.2) is 0 Å². The average Bonchev–Trinajstić information content (AvgIpc) is 2.63. The Hall–Kier alpha value is -2.49. The number of hydrogen-bond acceptors (Lipinski definition) is 3. The zero-order chi connectivity index (χ0) is 17.5. The molecule has 3 aromatic carbocycles. The van der Waals surface area contributed by atoms with Gasteiger partial charge in [0.1, 0.15) is 12.4 Å². The van der Waals surface area contributed by atoms with Crippen LogP contribution in [0.3, 0.4) is 0 Å². The van der Waals surface area contributed by atoms with Crippen molar-refractivity contribution in [3.63, 3.8) is 0 Å². The molecule has 5 heteroatoms. The highest BCUT2D eigenvalue weighted by Crippen LogP contribution is 2.24. The molecule has 3 aromatic rings. The maximum Gasteiger partial charge on any atom is 0.128 e. The Labute approximate surface area is 156 Å². The molecule has 0 atom stereocenters. The van der Waals surface area contributed by atoms with Gasteiger partial charge in [0, 0.05) is 21.2 Å². The molecule has 126 valence electrons. The van der Waals surface area contributed by atoms with E-state index in [0.29, 0.717) is 16.7 Å². The summed E-state index contributed by atoms with van der Waals surface area (Å²) in [7, 11) is 0. The molecule has 3 nitrogen and oxygen atoms in total. The third-order valence-corrected chi connectivity index (χ3v) is 4.08. The SMILES string of the molecule is Clc1ccc(COc2ccccc2/C=N/Nc2ccccc2)c(Cl)c1. The summed E-state index contributed by atoms with van der Waals surface area (Å²) in [6, 6.07) is 22.8. The molecular formula is C20H16Cl2N2O. The third kappa shape index (κ3) is 4.99. The number of rotatable bonds is 6. The molecule has 0 aliphatic rings. The Kier molecular flexibility index (Phi) is 5.94. The topological polar surface area (TPSA) is 33.6 Å². The molecule has 0 saturated heterocycles. The van der Waals surface area contributed by atoms with Crippen molar-refractivity contribution >= 4 is 35.1 Å². The molecule has 0 bridgehead atoms. The van der Waals surface area contributed by atoms with Gasteiger partial charge in [-0.3, -0.25) is 5.43 Å². The maximum absolute atomic E-state index is 6.19. The van der Waals surface area contributed by atoms with E-state index in [1.54, 1.807) is 18.3 Å². The fraction of sp³-hybridized carbons (Fsp3) is 0.0500. The third-order valence-electron chi connectivity index (χ3n) is 3.49. The van der Waals surface area contributed by atoms with Gasteiger partial charge in [0.25, 0.3) is 0 Å². The van der Waals surface area contributed by atoms with Crippen LogP contribution < -0.4 is 10.2 Å². The van der Waals surface area contributed by atoms with E-state index >= 15 is 0 Å². The highest BCUT2D eigenvalue weighted by atomic mass is 35.5. The number of hydrogen-bond donors (Lipinski definition) is 1. The summed E-state index contributed by atoms with van der Waals surface area (Å²) in [4.78, 5) is 0. The van der Waals surface area contributed by atoms with Crippen molar-refractivity contribution in [2.75, 3.05) is 5.43 Å². The van der Waals surface area contributed by atoms with Crippen LogP contribution in [0.1, 0.15) is 11.1 Å². The Morgan fingerprint density at radius 3 is 2.48 bits per heavy atom. The van der Waals surface area contributed by atoms with Gasteiger partial charge in [-0.2, -0.15) is 5.10 Å². The lowest BCUT2D eigenvalue weighted by Gasteiger charge is -2.10. The van der Waals surface area contributed by atoms with Gasteiger partial charge >= 0.3 is 0 Å². The van der Waals surface area contributed by atoms with Gasteiger partial charge in [0.2, 0.25) is 0 Å². The van der Waals surface area contributed by atoms with Crippen LogP contribution in [-0.2, 0) is 6.61 Å². The highest BCUT2D eigenvalue weighted by molar-refractivity contribution is 6.35. The van der Waals surface area contributed by atoms with E-state index in [1.807, 2.05) is 60.7 Å². The number of benzene rings is 3. The fourth-order valence-corrected chi connectivity index (χ4v) is 2.66. The van der Waals surface area contributed by atoms with E-state index in [1.165, 1.54) is 0 Å². The Balaban J connectivity index is 1.68. The molecule has 0 radical (unpaired) electrons. The Morgan fingerprint density at radius 1 is 0.920 bits per heavy atom. The van der Waals surface area contributed by atoms with Gasteiger partial charge in [0.05, 0.1) is 11.9 Å². The first-order valence-electron chi connectivity index (χ1n) is 7.72. The van der Waals surface area contributed by atoms with Crippen molar-refractivity contribution in [3.8, 4) is 5.75 Å². The quantitative estimate of drug-likeness (QED) is 0.425. The van der Waals surface area contributed by atoms with E-state index in [-0.39, 0.29) is 0 Å². The molecule has 0 aliphatic heterocycles. The van der Waals surface area contributed by atoms with Crippen LogP contribution in [-0.4, -0.2) is 6.21 Å². The number of ether oxygens (including phenoxy) is 1. The van der Waals surface area contributed by atoms with Crippen molar-refractivity contribution < 1.29 is 4.74 Å². The first-order chi connectivity index (χ1) is 12.2. The fourth-order valence-electron chi connectivity index (χ4n) is 2.20.